The Bertz CT molecular complexity index is 6270. The molecule has 2 amide bonds. The van der Waals surface area contributed by atoms with E-state index in [-0.39, 0.29) is 94.7 Å². The normalized spacial score (nSPS) is 13.4. The molecule has 30 heteroatoms. The Morgan fingerprint density at radius 2 is 1.22 bits per heavy atom. The smallest absolute Gasteiger partial charge is 0.336 e. The highest BCUT2D eigenvalue weighted by Gasteiger charge is 2.36. The van der Waals surface area contributed by atoms with E-state index in [4.69, 9.17) is 19.3 Å². The van der Waals surface area contributed by atoms with Gasteiger partial charge in [-0.05, 0) is 121 Å². The summed E-state index contributed by atoms with van der Waals surface area (Å²) in [6.45, 7) is 1.01. The molecule has 110 heavy (non-hydrogen) atoms. The average Bonchev–Trinajstić information content (AvgIpc) is 0.756. The number of aromatic nitrogens is 4. The summed E-state index contributed by atoms with van der Waals surface area (Å²) in [7, 11) is -1.92. The summed E-state index contributed by atoms with van der Waals surface area (Å²) in [5.41, 5.74) is 15.2. The van der Waals surface area contributed by atoms with Crippen molar-refractivity contribution in [1.82, 2.24) is 43.6 Å². The van der Waals surface area contributed by atoms with E-state index in [2.05, 4.69) is 25.6 Å². The zero-order chi connectivity index (χ0) is 77.7. The van der Waals surface area contributed by atoms with Gasteiger partial charge in [0, 0.05) is 163 Å². The second-order valence-corrected chi connectivity index (χ2v) is 31.9. The third-order valence-corrected chi connectivity index (χ3v) is 23.5. The van der Waals surface area contributed by atoms with Crippen molar-refractivity contribution in [3.8, 4) is 50.8 Å². The molecule has 14 rings (SSSR count). The van der Waals surface area contributed by atoms with Gasteiger partial charge in [0.25, 0.3) is 26.1 Å². The largest absolute Gasteiger partial charge is 0.478 e. The predicted molar refractivity (Wildman–Crippen MR) is 417 cm³/mol. The van der Waals surface area contributed by atoms with Crippen LogP contribution < -0.4 is 50.8 Å². The van der Waals surface area contributed by atoms with Crippen LogP contribution >= 0.6 is 0 Å². The number of imidazole rings is 1. The number of carbonyl (C=O) groups is 3. The number of sulfonamides is 1. The fourth-order valence-corrected chi connectivity index (χ4v) is 16.4. The van der Waals surface area contributed by atoms with Crippen LogP contribution in [-0.2, 0) is 54.8 Å². The van der Waals surface area contributed by atoms with Crippen molar-refractivity contribution in [1.29, 1.82) is 0 Å². The number of nitrogen functional groups attached to an aromatic ring is 1. The van der Waals surface area contributed by atoms with Gasteiger partial charge in [-0.15, -0.1) is 0 Å². The third-order valence-electron chi connectivity index (χ3n) is 19.8. The number of hydrogen-bond acceptors (Lipinski definition) is 18. The second-order valence-electron chi connectivity index (χ2n) is 27.2. The van der Waals surface area contributed by atoms with Crippen molar-refractivity contribution in [2.45, 2.75) is 53.6 Å². The quantitative estimate of drug-likeness (QED) is 0.0159. The molecule has 0 atom stereocenters. The molecule has 5 heterocycles. The molecule has 0 saturated carbocycles. The molecule has 27 nitrogen and oxygen atoms in total. The molecule has 562 valence electrons. The highest BCUT2D eigenvalue weighted by atomic mass is 32.2. The average molecular weight is 1540 g/mol. The van der Waals surface area contributed by atoms with E-state index in [1.165, 1.54) is 34.6 Å². The zero-order valence-corrected chi connectivity index (χ0v) is 62.9. The first-order chi connectivity index (χ1) is 52.6. The number of nitrogens with two attached hydrogens (primary N) is 1. The number of carbonyl (C=O) groups excluding carboxylic acids is 2. The minimum Gasteiger partial charge on any atom is -0.478 e. The molecule has 5 aliphatic rings. The van der Waals surface area contributed by atoms with Crippen LogP contribution in [0, 0.1) is 5.92 Å². The van der Waals surface area contributed by atoms with E-state index in [1.54, 1.807) is 107 Å². The number of nitrogens with one attached hydrogen (secondary N) is 2. The van der Waals surface area contributed by atoms with E-state index in [1.807, 2.05) is 123 Å². The topological polar surface area (TPSA) is 359 Å². The Balaban J connectivity index is 0.618. The lowest BCUT2D eigenvalue weighted by atomic mass is 9.87. The van der Waals surface area contributed by atoms with Crippen LogP contribution in [0.4, 0.5) is 28.7 Å². The molecule has 7 aromatic carbocycles. The highest BCUT2D eigenvalue weighted by molar-refractivity contribution is 7.89. The molecule has 3 aliphatic heterocycles. The van der Waals surface area contributed by atoms with Crippen LogP contribution in [0.5, 0.6) is 5.88 Å². The molecule has 1 saturated heterocycles. The second kappa shape index (κ2) is 30.1. The van der Waals surface area contributed by atoms with Crippen molar-refractivity contribution >= 4 is 110 Å². The number of anilines is 4. The van der Waals surface area contributed by atoms with Crippen LogP contribution in [-0.4, -0.2) is 143 Å². The Kier molecular flexibility index (Phi) is 20.4. The molecule has 2 aliphatic carbocycles. The maximum Gasteiger partial charge on any atom is 0.336 e. The van der Waals surface area contributed by atoms with Crippen molar-refractivity contribution in [2.24, 2.45) is 5.92 Å². The van der Waals surface area contributed by atoms with Crippen molar-refractivity contribution < 1.29 is 67.4 Å². The number of carboxylic acid groups (broad SMARTS) is 1. The molecule has 0 bridgehead atoms. The van der Waals surface area contributed by atoms with Crippen LogP contribution in [0.3, 0.4) is 0 Å². The number of aromatic carboxylic acids is 1. The number of rotatable bonds is 22. The molecule has 1 fully saturated rings. The summed E-state index contributed by atoms with van der Waals surface area (Å²) in [6, 6.07) is 52.4. The van der Waals surface area contributed by atoms with Gasteiger partial charge in [0.05, 0.1) is 38.7 Å². The van der Waals surface area contributed by atoms with Gasteiger partial charge in [0.2, 0.25) is 44.2 Å². The van der Waals surface area contributed by atoms with E-state index >= 15 is 8.42 Å². The highest BCUT2D eigenvalue weighted by Crippen LogP contribution is 2.46. The number of nitrogens with zero attached hydrogens (tertiary/aromatic N) is 9. The van der Waals surface area contributed by atoms with Crippen molar-refractivity contribution in [3.05, 3.63) is 227 Å². The molecular weight excluding hydrogens is 1470 g/mol. The van der Waals surface area contributed by atoms with Crippen molar-refractivity contribution in [3.63, 3.8) is 0 Å². The number of amides is 2. The van der Waals surface area contributed by atoms with E-state index in [9.17, 15) is 45.4 Å². The first kappa shape index (κ1) is 74.7. The standard InChI is InChI=1S/C80H74N12O15S3/c1-87(2)53-23-31-61-66(41-53)106-67-42-54(88(3)4)24-32-62(67)72(61)73-64(12-9-13-65(73)79(95)96)77(94)83-45-48-15-17-49(18-16-48)46-105-78-74-75(85-80(81)86-78)91(47-84-74)38-10-37-82-76(93)50-35-39-92(40-36-50)108(97,98)70-14-8-7-11-63(70)71-59-33-25-55(89(5)51-19-27-57(28-20-51)109(99,100)101)43-68(59)107-69-44-56(26-34-60(69)71)90(6)52-21-29-58(30-22-52)110(102,103)104/h7-9,11-34,41-44,47,50H,10,35-40,45-46H2,1-6H3,(H5-2,81,82,83,85,86,93,94,95,96,99,100,101,102,103,104)/p+2. The monoisotopic (exact) mass is 1540 g/mol. The first-order valence-electron chi connectivity index (χ1n) is 34.9. The van der Waals surface area contributed by atoms with Gasteiger partial charge in [0.1, 0.15) is 50.4 Å². The van der Waals surface area contributed by atoms with Crippen LogP contribution in [0.1, 0.15) is 51.1 Å². The van der Waals surface area contributed by atoms with Crippen LogP contribution in [0.2, 0.25) is 0 Å². The predicted octanol–water partition coefficient (Wildman–Crippen LogP) is 10.4. The van der Waals surface area contributed by atoms with E-state index < -0.39 is 48.1 Å². The summed E-state index contributed by atoms with van der Waals surface area (Å²) >= 11 is 0. The number of fused-ring (bicyclic) bond motifs is 5. The fraction of sp³-hybridized carbons (Fsp3) is 0.200. The zero-order valence-electron chi connectivity index (χ0n) is 60.5. The number of carboxylic acids is 1. The lowest BCUT2D eigenvalue weighted by Gasteiger charge is -2.31. The number of hydrogen-bond donors (Lipinski definition) is 6. The molecule has 2 aromatic heterocycles. The minimum absolute atomic E-state index is 0.0329. The molecule has 0 unspecified atom stereocenters. The molecule has 0 radical (unpaired) electrons. The van der Waals surface area contributed by atoms with Crippen molar-refractivity contribution in [2.75, 3.05) is 77.5 Å². The van der Waals surface area contributed by atoms with Gasteiger partial charge < -0.3 is 49.4 Å². The van der Waals surface area contributed by atoms with Gasteiger partial charge in [-0.1, -0.05) is 48.5 Å². The van der Waals surface area contributed by atoms with E-state index in [0.29, 0.717) is 108 Å². The SMILES string of the molecule is CN(C)c1ccc2c(-c3c(C(=O)O)cccc3C(=O)NCc3ccc(COc4nc(N)nc5c4ncn5CCCNC(=O)C4CCN(S(=O)(=O)c5ccccc5-c5c6ccc(=[N+](C)c7ccc(S(=O)(=O)O)cc7)cc-6oc6cc(N(C)c7ccc(S(=O)(=O)O)cc7)ccc56)CC4)cc3)c3ccc(=[N+](C)C)cc-3oc2c1. The molecule has 9 aromatic rings. The van der Waals surface area contributed by atoms with Gasteiger partial charge in [-0.25, -0.2) is 22.8 Å². The number of piperidine rings is 1. The maximum absolute atomic E-state index is 15.1. The minimum atomic E-state index is -4.45. The fourth-order valence-electron chi connectivity index (χ4n) is 13.8. The Labute approximate surface area is 632 Å². The van der Waals surface area contributed by atoms with Crippen LogP contribution in [0.15, 0.2) is 218 Å². The summed E-state index contributed by atoms with van der Waals surface area (Å²) < 4.78 is 123. The van der Waals surface area contributed by atoms with E-state index in [0.717, 1.165) is 22.2 Å². The van der Waals surface area contributed by atoms with Gasteiger partial charge in [-0.2, -0.15) is 35.7 Å². The molecule has 7 N–H and O–H groups in total. The number of benzene rings is 9. The summed E-state index contributed by atoms with van der Waals surface area (Å²) in [4.78, 5) is 57.8. The van der Waals surface area contributed by atoms with Gasteiger partial charge >= 0.3 is 5.97 Å². The number of ether oxygens (including phenoxy) is 1. The maximum atomic E-state index is 15.1. The van der Waals surface area contributed by atoms with Gasteiger partial charge in [-0.3, -0.25) is 18.7 Å². The first-order valence-corrected chi connectivity index (χ1v) is 39.3. The summed E-state index contributed by atoms with van der Waals surface area (Å²) in [5, 5.41) is 19.4. The Morgan fingerprint density at radius 1 is 0.627 bits per heavy atom. The lowest BCUT2D eigenvalue weighted by Crippen LogP contribution is -2.43. The Hall–Kier alpha value is -12.2. The Morgan fingerprint density at radius 3 is 1.87 bits per heavy atom. The third kappa shape index (κ3) is 15.1. The molecular formula is C80H76N12O15S3+2. The number of aryl methyl sites for hydroxylation is 1. The summed E-state index contributed by atoms with van der Waals surface area (Å²) in [6.07, 6.45) is 2.59. The lowest BCUT2D eigenvalue weighted by molar-refractivity contribution is -0.126. The van der Waals surface area contributed by atoms with Gasteiger partial charge in [0.15, 0.2) is 11.2 Å². The van der Waals surface area contributed by atoms with Crippen LogP contribution in [0.25, 0.3) is 78.0 Å². The molecule has 0 spiro atoms. The summed E-state index contributed by atoms with van der Waals surface area (Å²) in [5.74, 6) is -1.34.